The van der Waals surface area contributed by atoms with Gasteiger partial charge < -0.3 is 5.11 Å². The van der Waals surface area contributed by atoms with Crippen molar-refractivity contribution in [3.8, 4) is 0 Å². The fraction of sp³-hybridized carbons (Fsp3) is 0.583. The number of rotatable bonds is 6. The minimum atomic E-state index is -0.809. The summed E-state index contributed by atoms with van der Waals surface area (Å²) in [6.07, 6.45) is 2.62. The van der Waals surface area contributed by atoms with E-state index in [1.165, 1.54) is 0 Å². The standard InChI is InChI=1S/C12H19N3O2/c1-4-9(2)15(8-12(16)17)7-11-5-6-13-10(3)14-11/h5-6,9H,4,7-8H2,1-3H3,(H,16,17). The minimum Gasteiger partial charge on any atom is -0.480 e. The highest BCUT2D eigenvalue weighted by molar-refractivity contribution is 5.69. The number of hydrogen-bond acceptors (Lipinski definition) is 4. The van der Waals surface area contributed by atoms with Gasteiger partial charge in [-0.25, -0.2) is 9.97 Å². The Morgan fingerprint density at radius 3 is 2.82 bits per heavy atom. The van der Waals surface area contributed by atoms with Crippen LogP contribution in [0.2, 0.25) is 0 Å². The lowest BCUT2D eigenvalue weighted by molar-refractivity contribution is -0.139. The highest BCUT2D eigenvalue weighted by atomic mass is 16.4. The van der Waals surface area contributed by atoms with Crippen LogP contribution in [0, 0.1) is 6.92 Å². The Morgan fingerprint density at radius 1 is 1.59 bits per heavy atom. The molecule has 0 aliphatic carbocycles. The Hall–Kier alpha value is -1.49. The topological polar surface area (TPSA) is 66.3 Å². The van der Waals surface area contributed by atoms with Crippen molar-refractivity contribution in [2.24, 2.45) is 0 Å². The number of aryl methyl sites for hydroxylation is 1. The van der Waals surface area contributed by atoms with E-state index >= 15 is 0 Å². The summed E-state index contributed by atoms with van der Waals surface area (Å²) in [4.78, 5) is 21.0. The molecule has 0 radical (unpaired) electrons. The predicted octanol–water partition coefficient (Wildman–Crippen LogP) is 1.47. The summed E-state index contributed by atoms with van der Waals surface area (Å²) in [7, 11) is 0. The van der Waals surface area contributed by atoms with E-state index in [2.05, 4.69) is 9.97 Å². The Bertz CT molecular complexity index is 382. The number of hydrogen-bond donors (Lipinski definition) is 1. The van der Waals surface area contributed by atoms with E-state index in [0.717, 1.165) is 12.1 Å². The molecule has 5 heteroatoms. The summed E-state index contributed by atoms with van der Waals surface area (Å²) in [5.74, 6) is -0.0991. The van der Waals surface area contributed by atoms with Crippen molar-refractivity contribution in [2.45, 2.75) is 39.8 Å². The Balaban J connectivity index is 2.74. The van der Waals surface area contributed by atoms with Gasteiger partial charge in [0.15, 0.2) is 0 Å². The lowest BCUT2D eigenvalue weighted by Crippen LogP contribution is -2.36. The molecule has 0 aliphatic rings. The first-order valence-electron chi connectivity index (χ1n) is 5.77. The number of aliphatic carboxylic acids is 1. The van der Waals surface area contributed by atoms with Crippen LogP contribution in [0.3, 0.4) is 0 Å². The second-order valence-corrected chi connectivity index (χ2v) is 4.15. The molecule has 1 aromatic heterocycles. The lowest BCUT2D eigenvalue weighted by atomic mass is 10.2. The van der Waals surface area contributed by atoms with Gasteiger partial charge in [-0.2, -0.15) is 0 Å². The van der Waals surface area contributed by atoms with E-state index in [1.807, 2.05) is 31.7 Å². The summed E-state index contributed by atoms with van der Waals surface area (Å²) < 4.78 is 0. The number of carboxylic acid groups (broad SMARTS) is 1. The molecule has 0 bridgehead atoms. The molecule has 94 valence electrons. The summed E-state index contributed by atoms with van der Waals surface area (Å²) in [6, 6.07) is 2.05. The molecular formula is C12H19N3O2. The molecule has 0 amide bonds. The van der Waals surface area contributed by atoms with Crippen molar-refractivity contribution in [2.75, 3.05) is 6.54 Å². The van der Waals surface area contributed by atoms with Crippen molar-refractivity contribution in [1.82, 2.24) is 14.9 Å². The van der Waals surface area contributed by atoms with Gasteiger partial charge in [0.2, 0.25) is 0 Å². The average molecular weight is 237 g/mol. The fourth-order valence-corrected chi connectivity index (χ4v) is 1.60. The van der Waals surface area contributed by atoms with E-state index in [1.54, 1.807) is 6.20 Å². The van der Waals surface area contributed by atoms with Crippen LogP contribution in [0.5, 0.6) is 0 Å². The highest BCUT2D eigenvalue weighted by Gasteiger charge is 2.16. The van der Waals surface area contributed by atoms with E-state index < -0.39 is 5.97 Å². The maximum absolute atomic E-state index is 10.8. The number of carbonyl (C=O) groups is 1. The van der Waals surface area contributed by atoms with Gasteiger partial charge in [0.25, 0.3) is 0 Å². The van der Waals surface area contributed by atoms with Gasteiger partial charge in [0.05, 0.1) is 12.2 Å². The second kappa shape index (κ2) is 6.30. The molecule has 5 nitrogen and oxygen atoms in total. The molecule has 0 spiro atoms. The summed E-state index contributed by atoms with van der Waals surface area (Å²) >= 11 is 0. The van der Waals surface area contributed by atoms with Crippen LogP contribution in [-0.4, -0.2) is 38.5 Å². The molecule has 1 rings (SSSR count). The van der Waals surface area contributed by atoms with Crippen LogP contribution in [-0.2, 0) is 11.3 Å². The molecule has 1 heterocycles. The zero-order valence-corrected chi connectivity index (χ0v) is 10.6. The summed E-state index contributed by atoms with van der Waals surface area (Å²) in [5.41, 5.74) is 0.860. The molecule has 1 aromatic rings. The third-order valence-electron chi connectivity index (χ3n) is 2.75. The van der Waals surface area contributed by atoms with E-state index in [-0.39, 0.29) is 12.6 Å². The maximum Gasteiger partial charge on any atom is 0.317 e. The first-order chi connectivity index (χ1) is 8.02. The molecule has 0 saturated heterocycles. The third kappa shape index (κ3) is 4.48. The summed E-state index contributed by atoms with van der Waals surface area (Å²) in [6.45, 7) is 6.48. The molecule has 0 saturated carbocycles. The zero-order chi connectivity index (χ0) is 12.8. The Labute approximate surface area is 102 Å². The van der Waals surface area contributed by atoms with Gasteiger partial charge in [-0.05, 0) is 26.3 Å². The number of nitrogens with zero attached hydrogens (tertiary/aromatic N) is 3. The number of aromatic nitrogens is 2. The Kier molecular flexibility index (Phi) is 5.03. The first-order valence-corrected chi connectivity index (χ1v) is 5.77. The SMILES string of the molecule is CCC(C)N(CC(=O)O)Cc1ccnc(C)n1. The molecule has 1 unspecified atom stereocenters. The van der Waals surface area contributed by atoms with Gasteiger partial charge in [0.1, 0.15) is 5.82 Å². The maximum atomic E-state index is 10.8. The average Bonchev–Trinajstić information content (AvgIpc) is 2.26. The van der Waals surface area contributed by atoms with Gasteiger partial charge in [0, 0.05) is 18.8 Å². The molecule has 1 N–H and O–H groups in total. The van der Waals surface area contributed by atoms with Crippen molar-refractivity contribution in [1.29, 1.82) is 0 Å². The second-order valence-electron chi connectivity index (χ2n) is 4.15. The number of carboxylic acids is 1. The van der Waals surface area contributed by atoms with Gasteiger partial charge in [-0.15, -0.1) is 0 Å². The van der Waals surface area contributed by atoms with Crippen molar-refractivity contribution in [3.05, 3.63) is 23.8 Å². The van der Waals surface area contributed by atoms with Gasteiger partial charge in [-0.1, -0.05) is 6.92 Å². The van der Waals surface area contributed by atoms with Crippen LogP contribution < -0.4 is 0 Å². The molecule has 0 aromatic carbocycles. The van der Waals surface area contributed by atoms with E-state index in [0.29, 0.717) is 12.4 Å². The van der Waals surface area contributed by atoms with Gasteiger partial charge >= 0.3 is 5.97 Å². The molecule has 0 fully saturated rings. The molecule has 17 heavy (non-hydrogen) atoms. The predicted molar refractivity (Wildman–Crippen MR) is 64.6 cm³/mol. The van der Waals surface area contributed by atoms with Crippen LogP contribution in [0.1, 0.15) is 31.8 Å². The third-order valence-corrected chi connectivity index (χ3v) is 2.75. The van der Waals surface area contributed by atoms with Crippen LogP contribution in [0.15, 0.2) is 12.3 Å². The minimum absolute atomic E-state index is 0.0397. The van der Waals surface area contributed by atoms with Crippen molar-refractivity contribution < 1.29 is 9.90 Å². The lowest BCUT2D eigenvalue weighted by Gasteiger charge is -2.26. The zero-order valence-electron chi connectivity index (χ0n) is 10.6. The molecular weight excluding hydrogens is 218 g/mol. The van der Waals surface area contributed by atoms with Gasteiger partial charge in [-0.3, -0.25) is 9.69 Å². The van der Waals surface area contributed by atoms with Crippen LogP contribution in [0.4, 0.5) is 0 Å². The normalized spacial score (nSPS) is 12.7. The van der Waals surface area contributed by atoms with Crippen molar-refractivity contribution >= 4 is 5.97 Å². The van der Waals surface area contributed by atoms with Crippen molar-refractivity contribution in [3.63, 3.8) is 0 Å². The Morgan fingerprint density at radius 2 is 2.29 bits per heavy atom. The molecule has 1 atom stereocenters. The van der Waals surface area contributed by atoms with E-state index in [4.69, 9.17) is 5.11 Å². The van der Waals surface area contributed by atoms with Crippen LogP contribution in [0.25, 0.3) is 0 Å². The first kappa shape index (κ1) is 13.6. The molecule has 0 aliphatic heterocycles. The highest BCUT2D eigenvalue weighted by Crippen LogP contribution is 2.08. The van der Waals surface area contributed by atoms with Crippen LogP contribution >= 0.6 is 0 Å². The van der Waals surface area contributed by atoms with E-state index in [9.17, 15) is 4.79 Å². The fourth-order valence-electron chi connectivity index (χ4n) is 1.60. The largest absolute Gasteiger partial charge is 0.480 e. The summed E-state index contributed by atoms with van der Waals surface area (Å²) in [5, 5.41) is 8.89. The monoisotopic (exact) mass is 237 g/mol. The quantitative estimate of drug-likeness (QED) is 0.811. The smallest absolute Gasteiger partial charge is 0.317 e.